The molecule has 0 aliphatic heterocycles. The quantitative estimate of drug-likeness (QED) is 0.665. The Bertz CT molecular complexity index is 640. The number of nitrogens with one attached hydrogen (secondary N) is 1. The summed E-state index contributed by atoms with van der Waals surface area (Å²) in [4.78, 5) is 11.4. The van der Waals surface area contributed by atoms with Crippen LogP contribution < -0.4 is 5.32 Å². The molecule has 2 aromatic rings. The van der Waals surface area contributed by atoms with Crippen LogP contribution >= 0.6 is 0 Å². The first kappa shape index (κ1) is 14.4. The van der Waals surface area contributed by atoms with Crippen molar-refractivity contribution in [3.8, 4) is 11.1 Å². The minimum Gasteiger partial charge on any atom is -0.374 e. The lowest BCUT2D eigenvalue weighted by Crippen LogP contribution is -2.15. The third-order valence-corrected chi connectivity index (χ3v) is 3.16. The average Bonchev–Trinajstić information content (AvgIpc) is 2.46. The molecule has 0 amide bonds. The molecule has 0 aliphatic rings. The van der Waals surface area contributed by atoms with Gasteiger partial charge in [0.05, 0.1) is 0 Å². The van der Waals surface area contributed by atoms with Crippen molar-refractivity contribution in [3.05, 3.63) is 59.4 Å². The molecule has 0 fully saturated rings. The number of hydrogen-bond donors (Lipinski definition) is 2. The van der Waals surface area contributed by atoms with Gasteiger partial charge >= 0.3 is 0 Å². The van der Waals surface area contributed by atoms with Gasteiger partial charge in [-0.25, -0.2) is 4.39 Å². The zero-order valence-electron chi connectivity index (χ0n) is 11.4. The standard InChI is InChI=1S/C16H16FNO2/c1-10(19)11-6-7-15(17)14(9-11)12-4-3-5-13(8-12)16(20)18-2/h3-9,16,18,20H,1-2H3. The van der Waals surface area contributed by atoms with E-state index < -0.39 is 12.0 Å². The number of aliphatic hydroxyl groups is 1. The lowest BCUT2D eigenvalue weighted by Gasteiger charge is -2.12. The molecule has 0 aromatic heterocycles. The number of halogens is 1. The van der Waals surface area contributed by atoms with Crippen LogP contribution in [0.15, 0.2) is 42.5 Å². The number of aliphatic hydroxyl groups excluding tert-OH is 1. The van der Waals surface area contributed by atoms with Crippen molar-refractivity contribution in [1.29, 1.82) is 0 Å². The molecule has 0 radical (unpaired) electrons. The van der Waals surface area contributed by atoms with Crippen molar-refractivity contribution in [1.82, 2.24) is 5.32 Å². The topological polar surface area (TPSA) is 49.3 Å². The molecule has 2 rings (SSSR count). The third kappa shape index (κ3) is 2.92. The van der Waals surface area contributed by atoms with Gasteiger partial charge in [0, 0.05) is 11.1 Å². The number of hydrogen-bond acceptors (Lipinski definition) is 3. The average molecular weight is 273 g/mol. The van der Waals surface area contributed by atoms with Gasteiger partial charge in [0.2, 0.25) is 0 Å². The van der Waals surface area contributed by atoms with E-state index in [0.29, 0.717) is 22.3 Å². The van der Waals surface area contributed by atoms with Crippen molar-refractivity contribution in [2.24, 2.45) is 0 Å². The summed E-state index contributed by atoms with van der Waals surface area (Å²) in [5, 5.41) is 12.5. The van der Waals surface area contributed by atoms with E-state index in [4.69, 9.17) is 0 Å². The second-order valence-corrected chi connectivity index (χ2v) is 4.57. The highest BCUT2D eigenvalue weighted by atomic mass is 19.1. The van der Waals surface area contributed by atoms with E-state index >= 15 is 0 Å². The lowest BCUT2D eigenvalue weighted by molar-refractivity contribution is 0.101. The number of Topliss-reactive ketones (excluding diaryl/α,β-unsaturated/α-hetero) is 1. The van der Waals surface area contributed by atoms with E-state index in [1.165, 1.54) is 25.1 Å². The first-order valence-electron chi connectivity index (χ1n) is 6.29. The summed E-state index contributed by atoms with van der Waals surface area (Å²) in [6, 6.07) is 11.2. The summed E-state index contributed by atoms with van der Waals surface area (Å²) in [7, 11) is 1.63. The molecule has 20 heavy (non-hydrogen) atoms. The van der Waals surface area contributed by atoms with Gasteiger partial charge in [0.25, 0.3) is 0 Å². The van der Waals surface area contributed by atoms with E-state index in [-0.39, 0.29) is 5.78 Å². The predicted octanol–water partition coefficient (Wildman–Crippen LogP) is 2.91. The first-order valence-corrected chi connectivity index (χ1v) is 6.29. The maximum atomic E-state index is 13.9. The second kappa shape index (κ2) is 5.94. The SMILES string of the molecule is CNC(O)c1cccc(-c2cc(C(C)=O)ccc2F)c1. The lowest BCUT2D eigenvalue weighted by atomic mass is 9.99. The normalized spacial score (nSPS) is 12.2. The number of ketones is 1. The zero-order valence-corrected chi connectivity index (χ0v) is 11.4. The fraction of sp³-hybridized carbons (Fsp3) is 0.188. The summed E-state index contributed by atoms with van der Waals surface area (Å²) in [5.74, 6) is -0.510. The molecule has 0 bridgehead atoms. The van der Waals surface area contributed by atoms with E-state index in [1.54, 1.807) is 31.3 Å². The molecule has 0 saturated heterocycles. The molecule has 3 nitrogen and oxygen atoms in total. The molecule has 4 heteroatoms. The summed E-state index contributed by atoms with van der Waals surface area (Å²) >= 11 is 0. The van der Waals surface area contributed by atoms with E-state index in [0.717, 1.165) is 0 Å². The van der Waals surface area contributed by atoms with Gasteiger partial charge in [0.15, 0.2) is 5.78 Å². The second-order valence-electron chi connectivity index (χ2n) is 4.57. The van der Waals surface area contributed by atoms with Crippen molar-refractivity contribution < 1.29 is 14.3 Å². The minimum atomic E-state index is -0.811. The molecular formula is C16H16FNO2. The number of rotatable bonds is 4. The molecule has 0 aliphatic carbocycles. The van der Waals surface area contributed by atoms with Crippen LogP contribution in [0, 0.1) is 5.82 Å². The zero-order chi connectivity index (χ0) is 14.7. The van der Waals surface area contributed by atoms with Crippen LogP contribution in [-0.2, 0) is 0 Å². The Morgan fingerprint density at radius 1 is 1.25 bits per heavy atom. The molecule has 104 valence electrons. The van der Waals surface area contributed by atoms with Crippen LogP contribution in [0.4, 0.5) is 4.39 Å². The monoisotopic (exact) mass is 273 g/mol. The Morgan fingerprint density at radius 3 is 2.65 bits per heavy atom. The van der Waals surface area contributed by atoms with Crippen molar-refractivity contribution >= 4 is 5.78 Å². The Hall–Kier alpha value is -2.04. The predicted molar refractivity (Wildman–Crippen MR) is 75.9 cm³/mol. The number of carbonyl (C=O) groups is 1. The van der Waals surface area contributed by atoms with Gasteiger partial charge < -0.3 is 5.11 Å². The van der Waals surface area contributed by atoms with E-state index in [9.17, 15) is 14.3 Å². The van der Waals surface area contributed by atoms with Gasteiger partial charge in [-0.1, -0.05) is 18.2 Å². The highest BCUT2D eigenvalue weighted by molar-refractivity contribution is 5.95. The summed E-state index contributed by atoms with van der Waals surface area (Å²) < 4.78 is 13.9. The van der Waals surface area contributed by atoms with Crippen LogP contribution in [-0.4, -0.2) is 17.9 Å². The van der Waals surface area contributed by atoms with Crippen molar-refractivity contribution in [3.63, 3.8) is 0 Å². The summed E-state index contributed by atoms with van der Waals surface area (Å²) in [5.41, 5.74) is 2.07. The maximum absolute atomic E-state index is 13.9. The molecule has 2 aromatic carbocycles. The minimum absolute atomic E-state index is 0.113. The molecule has 0 heterocycles. The van der Waals surface area contributed by atoms with Gasteiger partial charge in [-0.2, -0.15) is 0 Å². The highest BCUT2D eigenvalue weighted by Gasteiger charge is 2.11. The number of benzene rings is 2. The molecule has 0 spiro atoms. The highest BCUT2D eigenvalue weighted by Crippen LogP contribution is 2.26. The molecule has 2 N–H and O–H groups in total. The van der Waals surface area contributed by atoms with Gasteiger partial charge in [-0.05, 0) is 49.4 Å². The van der Waals surface area contributed by atoms with Crippen LogP contribution in [0.25, 0.3) is 11.1 Å². The van der Waals surface area contributed by atoms with Gasteiger partial charge in [0.1, 0.15) is 12.0 Å². The molecular weight excluding hydrogens is 257 g/mol. The van der Waals surface area contributed by atoms with Crippen molar-refractivity contribution in [2.45, 2.75) is 13.2 Å². The van der Waals surface area contributed by atoms with E-state index in [2.05, 4.69) is 5.32 Å². The van der Waals surface area contributed by atoms with Gasteiger partial charge in [-0.15, -0.1) is 0 Å². The Kier molecular flexibility index (Phi) is 4.27. The molecule has 1 atom stereocenters. The third-order valence-electron chi connectivity index (χ3n) is 3.16. The van der Waals surface area contributed by atoms with Crippen LogP contribution in [0.1, 0.15) is 29.1 Å². The van der Waals surface area contributed by atoms with Crippen LogP contribution in [0.2, 0.25) is 0 Å². The molecule has 0 saturated carbocycles. The Balaban J connectivity index is 2.50. The number of carbonyl (C=O) groups excluding carboxylic acids is 1. The summed E-state index contributed by atoms with van der Waals surface area (Å²) in [6.07, 6.45) is -0.811. The fourth-order valence-electron chi connectivity index (χ4n) is 2.01. The van der Waals surface area contributed by atoms with Crippen LogP contribution in [0.5, 0.6) is 0 Å². The molecule has 1 unspecified atom stereocenters. The maximum Gasteiger partial charge on any atom is 0.159 e. The Morgan fingerprint density at radius 2 is 2.00 bits per heavy atom. The summed E-state index contributed by atoms with van der Waals surface area (Å²) in [6.45, 7) is 1.44. The van der Waals surface area contributed by atoms with Crippen molar-refractivity contribution in [2.75, 3.05) is 7.05 Å². The largest absolute Gasteiger partial charge is 0.374 e. The first-order chi connectivity index (χ1) is 9.52. The van der Waals surface area contributed by atoms with Crippen LogP contribution in [0.3, 0.4) is 0 Å². The smallest absolute Gasteiger partial charge is 0.159 e. The Labute approximate surface area is 117 Å². The van der Waals surface area contributed by atoms with E-state index in [1.807, 2.05) is 0 Å². The van der Waals surface area contributed by atoms with Gasteiger partial charge in [-0.3, -0.25) is 10.1 Å². The fourth-order valence-corrected chi connectivity index (χ4v) is 2.01.